The Bertz CT molecular complexity index is 1300. The summed E-state index contributed by atoms with van der Waals surface area (Å²) in [5.74, 6) is 0.0257. The zero-order chi connectivity index (χ0) is 29.9. The number of likely N-dealkylation sites (tertiary alicyclic amines) is 1. The molecule has 1 aromatic heterocycles. The SMILES string of the molecule is CC[C@@H](C)C(=O)N[C@H](C(=O)N1CC[C@@H]2[C@H]1[C@@H](C(=O)N[C@@H]1CCCc3ccccc31)CN2c1ncccn1)C1CCCCC1. The van der Waals surface area contributed by atoms with Gasteiger partial charge in [-0.2, -0.15) is 0 Å². The topological polar surface area (TPSA) is 108 Å². The van der Waals surface area contributed by atoms with Gasteiger partial charge in [0.2, 0.25) is 23.7 Å². The summed E-state index contributed by atoms with van der Waals surface area (Å²) in [6, 6.07) is 9.23. The molecule has 1 saturated carbocycles. The van der Waals surface area contributed by atoms with Gasteiger partial charge in [-0.15, -0.1) is 0 Å². The number of hydrogen-bond acceptors (Lipinski definition) is 6. The van der Waals surface area contributed by atoms with Crippen LogP contribution in [0.3, 0.4) is 0 Å². The summed E-state index contributed by atoms with van der Waals surface area (Å²) >= 11 is 0. The molecule has 0 bridgehead atoms. The number of carbonyl (C=O) groups is 3. The number of anilines is 1. The summed E-state index contributed by atoms with van der Waals surface area (Å²) < 4.78 is 0. The highest BCUT2D eigenvalue weighted by Gasteiger charge is 2.55. The normalized spacial score (nSPS) is 26.7. The highest BCUT2D eigenvalue weighted by molar-refractivity contribution is 5.90. The summed E-state index contributed by atoms with van der Waals surface area (Å²) in [6.45, 7) is 4.92. The van der Waals surface area contributed by atoms with Crippen LogP contribution in [-0.2, 0) is 20.8 Å². The van der Waals surface area contributed by atoms with Gasteiger partial charge in [0, 0.05) is 31.4 Å². The number of nitrogens with zero attached hydrogens (tertiary/aromatic N) is 4. The quantitative estimate of drug-likeness (QED) is 0.481. The van der Waals surface area contributed by atoms with E-state index in [4.69, 9.17) is 0 Å². The van der Waals surface area contributed by atoms with Crippen LogP contribution in [0.2, 0.25) is 0 Å². The number of nitrogens with one attached hydrogen (secondary N) is 2. The van der Waals surface area contributed by atoms with Crippen LogP contribution in [0, 0.1) is 17.8 Å². The number of rotatable bonds is 8. The molecular weight excluding hydrogens is 540 g/mol. The van der Waals surface area contributed by atoms with Crippen molar-refractivity contribution in [2.24, 2.45) is 17.8 Å². The van der Waals surface area contributed by atoms with Crippen molar-refractivity contribution < 1.29 is 14.4 Å². The van der Waals surface area contributed by atoms with Crippen molar-refractivity contribution in [1.82, 2.24) is 25.5 Å². The van der Waals surface area contributed by atoms with Gasteiger partial charge in [0.05, 0.1) is 24.0 Å². The predicted octanol–water partition coefficient (Wildman–Crippen LogP) is 4.19. The van der Waals surface area contributed by atoms with Gasteiger partial charge in [0.25, 0.3) is 0 Å². The smallest absolute Gasteiger partial charge is 0.245 e. The summed E-state index contributed by atoms with van der Waals surface area (Å²) in [5, 5.41) is 6.58. The van der Waals surface area contributed by atoms with Gasteiger partial charge in [-0.05, 0) is 68.1 Å². The molecule has 3 fully saturated rings. The van der Waals surface area contributed by atoms with Crippen LogP contribution in [0.15, 0.2) is 42.7 Å². The lowest BCUT2D eigenvalue weighted by Crippen LogP contribution is -2.57. The lowest BCUT2D eigenvalue weighted by atomic mass is 9.82. The van der Waals surface area contributed by atoms with Crippen molar-refractivity contribution in [2.75, 3.05) is 18.0 Å². The fourth-order valence-electron chi connectivity index (χ4n) is 7.94. The Hall–Kier alpha value is -3.49. The van der Waals surface area contributed by atoms with Crippen molar-refractivity contribution in [2.45, 2.75) is 102 Å². The lowest BCUT2D eigenvalue weighted by Gasteiger charge is -2.36. The van der Waals surface area contributed by atoms with Crippen LogP contribution in [0.1, 0.15) is 88.8 Å². The van der Waals surface area contributed by atoms with Gasteiger partial charge in [-0.3, -0.25) is 14.4 Å². The third kappa shape index (κ3) is 6.00. The number of fused-ring (bicyclic) bond motifs is 2. The Morgan fingerprint density at radius 2 is 1.74 bits per heavy atom. The molecule has 2 aliphatic heterocycles. The number of amides is 3. The maximum atomic E-state index is 14.5. The van der Waals surface area contributed by atoms with Crippen molar-refractivity contribution in [3.63, 3.8) is 0 Å². The van der Waals surface area contributed by atoms with Crippen molar-refractivity contribution in [3.05, 3.63) is 53.9 Å². The van der Waals surface area contributed by atoms with Gasteiger partial charge in [0.15, 0.2) is 0 Å². The third-order valence-electron chi connectivity index (χ3n) is 10.5. The maximum Gasteiger partial charge on any atom is 0.245 e. The van der Waals surface area contributed by atoms with Gasteiger partial charge in [0.1, 0.15) is 6.04 Å². The van der Waals surface area contributed by atoms with Gasteiger partial charge in [-0.25, -0.2) is 9.97 Å². The first-order valence-corrected chi connectivity index (χ1v) is 16.5. The second-order valence-corrected chi connectivity index (χ2v) is 13.0. The molecular formula is C34H46N6O3. The minimum atomic E-state index is -0.559. The molecule has 6 atom stereocenters. The minimum Gasteiger partial charge on any atom is -0.349 e. The molecule has 3 amide bonds. The number of hydrogen-bond donors (Lipinski definition) is 2. The largest absolute Gasteiger partial charge is 0.349 e. The molecule has 2 N–H and O–H groups in total. The fourth-order valence-corrected chi connectivity index (χ4v) is 7.94. The first kappa shape index (κ1) is 29.6. The second-order valence-electron chi connectivity index (χ2n) is 13.0. The molecule has 2 aliphatic carbocycles. The summed E-state index contributed by atoms with van der Waals surface area (Å²) in [7, 11) is 0. The third-order valence-corrected chi connectivity index (χ3v) is 10.5. The molecule has 230 valence electrons. The number of aromatic nitrogens is 2. The molecule has 43 heavy (non-hydrogen) atoms. The predicted molar refractivity (Wildman–Crippen MR) is 165 cm³/mol. The zero-order valence-electron chi connectivity index (χ0n) is 25.6. The van der Waals surface area contributed by atoms with Gasteiger partial charge in [-0.1, -0.05) is 57.4 Å². The molecule has 2 saturated heterocycles. The van der Waals surface area contributed by atoms with Crippen LogP contribution in [0.25, 0.3) is 0 Å². The molecule has 4 aliphatic rings. The van der Waals surface area contributed by atoms with E-state index in [1.54, 1.807) is 18.5 Å². The Balaban J connectivity index is 1.28. The Morgan fingerprint density at radius 1 is 0.977 bits per heavy atom. The molecule has 3 heterocycles. The minimum absolute atomic E-state index is 0.0207. The van der Waals surface area contributed by atoms with Gasteiger partial charge < -0.3 is 20.4 Å². The molecule has 0 spiro atoms. The monoisotopic (exact) mass is 586 g/mol. The van der Waals surface area contributed by atoms with E-state index < -0.39 is 12.0 Å². The number of carbonyl (C=O) groups excluding carboxylic acids is 3. The Kier molecular flexibility index (Phi) is 8.96. The second kappa shape index (κ2) is 13.0. The van der Waals surface area contributed by atoms with Crippen LogP contribution in [-0.4, -0.2) is 63.8 Å². The molecule has 9 nitrogen and oxygen atoms in total. The molecule has 9 heteroatoms. The van der Waals surface area contributed by atoms with E-state index in [1.165, 1.54) is 17.5 Å². The average molecular weight is 587 g/mol. The van der Waals surface area contributed by atoms with Gasteiger partial charge >= 0.3 is 0 Å². The zero-order valence-corrected chi connectivity index (χ0v) is 25.6. The molecule has 6 rings (SSSR count). The van der Waals surface area contributed by atoms with Crippen LogP contribution in [0.5, 0.6) is 0 Å². The van der Waals surface area contributed by atoms with Crippen molar-refractivity contribution in [1.29, 1.82) is 0 Å². The molecule has 1 aromatic carbocycles. The standard InChI is InChI=1S/C34H46N6O3/c1-3-22(2)31(41)38-29(24-12-5-4-6-13-24)33(43)39-20-17-28-30(39)26(21-40(28)34-35-18-10-19-36-34)32(42)37-27-16-9-14-23-11-7-8-15-25(23)27/h7-8,10-11,15,18-19,22,24,26-30H,3-6,9,12-14,16-17,20-21H2,1-2H3,(H,37,42)(H,38,41)/t22-,26+,27-,28-,29+,30-/m1/s1. The average Bonchev–Trinajstić information content (AvgIpc) is 3.65. The fraction of sp³-hybridized carbons (Fsp3) is 0.618. The van der Waals surface area contributed by atoms with Crippen LogP contribution < -0.4 is 15.5 Å². The highest BCUT2D eigenvalue weighted by Crippen LogP contribution is 2.40. The van der Waals surface area contributed by atoms with Crippen molar-refractivity contribution >= 4 is 23.7 Å². The lowest BCUT2D eigenvalue weighted by molar-refractivity contribution is -0.141. The molecule has 0 unspecified atom stereocenters. The maximum absolute atomic E-state index is 14.5. The summed E-state index contributed by atoms with van der Waals surface area (Å²) in [5.41, 5.74) is 2.50. The van der Waals surface area contributed by atoms with Crippen molar-refractivity contribution in [3.8, 4) is 0 Å². The van der Waals surface area contributed by atoms with E-state index in [-0.39, 0.29) is 47.7 Å². The van der Waals surface area contributed by atoms with E-state index in [9.17, 15) is 14.4 Å². The van der Waals surface area contributed by atoms with E-state index in [0.717, 1.165) is 57.8 Å². The highest BCUT2D eigenvalue weighted by atomic mass is 16.2. The number of benzene rings is 1. The van der Waals surface area contributed by atoms with E-state index in [2.05, 4.69) is 43.7 Å². The molecule has 2 aromatic rings. The van der Waals surface area contributed by atoms with Crippen LogP contribution in [0.4, 0.5) is 5.95 Å². The number of aryl methyl sites for hydroxylation is 1. The van der Waals surface area contributed by atoms with E-state index in [1.807, 2.05) is 24.8 Å². The van der Waals surface area contributed by atoms with E-state index in [0.29, 0.717) is 19.0 Å². The summed E-state index contributed by atoms with van der Waals surface area (Å²) in [4.78, 5) is 55.0. The van der Waals surface area contributed by atoms with Crippen LogP contribution >= 0.6 is 0 Å². The first-order valence-electron chi connectivity index (χ1n) is 16.5. The summed E-state index contributed by atoms with van der Waals surface area (Å²) in [6.07, 6.45) is 13.1. The first-order chi connectivity index (χ1) is 21.0. The van der Waals surface area contributed by atoms with E-state index >= 15 is 0 Å². The molecule has 0 radical (unpaired) electrons. The Morgan fingerprint density at radius 3 is 2.51 bits per heavy atom. The Labute approximate surface area is 255 Å².